The van der Waals surface area contributed by atoms with Crippen LogP contribution in [0.3, 0.4) is 0 Å². The van der Waals surface area contributed by atoms with Crippen molar-refractivity contribution in [1.82, 2.24) is 0 Å². The van der Waals surface area contributed by atoms with Crippen LogP contribution in [0.15, 0.2) is 42.5 Å². The molecule has 3 heteroatoms. The first-order chi connectivity index (χ1) is 8.69. The van der Waals surface area contributed by atoms with E-state index in [1.165, 1.54) is 11.6 Å². The summed E-state index contributed by atoms with van der Waals surface area (Å²) in [4.78, 5) is 0. The third kappa shape index (κ3) is 3.23. The van der Waals surface area contributed by atoms with E-state index in [-0.39, 0.29) is 5.02 Å². The molecule has 0 saturated heterocycles. The molecule has 1 nitrogen and oxygen atoms in total. The molecule has 0 N–H and O–H groups in total. The molecule has 0 fully saturated rings. The first-order valence-corrected chi connectivity index (χ1v) is 6.22. The van der Waals surface area contributed by atoms with Gasteiger partial charge in [0.25, 0.3) is 0 Å². The minimum atomic E-state index is -0.409. The third-order valence-electron chi connectivity index (χ3n) is 2.70. The summed E-state index contributed by atoms with van der Waals surface area (Å²) in [6.07, 6.45) is 0.972. The van der Waals surface area contributed by atoms with Gasteiger partial charge in [-0.2, -0.15) is 0 Å². The zero-order chi connectivity index (χ0) is 13.0. The second-order valence-electron chi connectivity index (χ2n) is 4.04. The lowest BCUT2D eigenvalue weighted by Gasteiger charge is -2.08. The maximum Gasteiger partial charge on any atom is 0.141 e. The molecule has 94 valence electrons. The van der Waals surface area contributed by atoms with Gasteiger partial charge in [0.15, 0.2) is 0 Å². The molecule has 2 rings (SSSR count). The predicted molar refractivity (Wildman–Crippen MR) is 71.6 cm³/mol. The van der Waals surface area contributed by atoms with Crippen molar-refractivity contribution in [2.24, 2.45) is 0 Å². The van der Waals surface area contributed by atoms with Gasteiger partial charge in [-0.25, -0.2) is 4.39 Å². The van der Waals surface area contributed by atoms with Crippen LogP contribution in [0.5, 0.6) is 5.75 Å². The Labute approximate surface area is 111 Å². The quantitative estimate of drug-likeness (QED) is 0.783. The van der Waals surface area contributed by atoms with Gasteiger partial charge in [0.2, 0.25) is 0 Å². The van der Waals surface area contributed by atoms with E-state index in [0.717, 1.165) is 17.7 Å². The highest BCUT2D eigenvalue weighted by atomic mass is 35.5. The molecule has 0 aromatic heterocycles. The lowest BCUT2D eigenvalue weighted by Crippen LogP contribution is -1.96. The van der Waals surface area contributed by atoms with E-state index < -0.39 is 5.82 Å². The smallest absolute Gasteiger partial charge is 0.141 e. The molecule has 0 radical (unpaired) electrons. The summed E-state index contributed by atoms with van der Waals surface area (Å²) in [5, 5.41) is 0.124. The van der Waals surface area contributed by atoms with Crippen molar-refractivity contribution >= 4 is 11.6 Å². The fourth-order valence-corrected chi connectivity index (χ4v) is 1.85. The van der Waals surface area contributed by atoms with Crippen LogP contribution in [-0.2, 0) is 13.0 Å². The highest BCUT2D eigenvalue weighted by Crippen LogP contribution is 2.19. The number of hydrogen-bond donors (Lipinski definition) is 0. The van der Waals surface area contributed by atoms with E-state index >= 15 is 0 Å². The topological polar surface area (TPSA) is 9.23 Å². The fraction of sp³-hybridized carbons (Fsp3) is 0.200. The van der Waals surface area contributed by atoms with Crippen LogP contribution in [0, 0.1) is 5.82 Å². The van der Waals surface area contributed by atoms with Gasteiger partial charge in [-0.15, -0.1) is 0 Å². The largest absolute Gasteiger partial charge is 0.489 e. The molecule has 18 heavy (non-hydrogen) atoms. The van der Waals surface area contributed by atoms with Gasteiger partial charge in [-0.1, -0.05) is 36.7 Å². The summed E-state index contributed by atoms with van der Waals surface area (Å²) in [5.74, 6) is 0.406. The van der Waals surface area contributed by atoms with Gasteiger partial charge < -0.3 is 4.74 Å². The molecule has 0 aliphatic carbocycles. The number of hydrogen-bond acceptors (Lipinski definition) is 1. The van der Waals surface area contributed by atoms with Crippen LogP contribution < -0.4 is 4.74 Å². The van der Waals surface area contributed by atoms with Crippen LogP contribution >= 0.6 is 11.6 Å². The molecule has 0 aliphatic rings. The first-order valence-electron chi connectivity index (χ1n) is 5.84. The summed E-state index contributed by atoms with van der Waals surface area (Å²) < 4.78 is 18.6. The summed E-state index contributed by atoms with van der Waals surface area (Å²) in [5.41, 5.74) is 2.08. The molecule has 0 aliphatic heterocycles. The van der Waals surface area contributed by atoms with E-state index in [2.05, 4.69) is 13.0 Å². The lowest BCUT2D eigenvalue weighted by atomic mass is 10.2. The van der Waals surface area contributed by atoms with Gasteiger partial charge >= 0.3 is 0 Å². The van der Waals surface area contributed by atoms with Crippen LogP contribution in [0.2, 0.25) is 5.02 Å². The Kier molecular flexibility index (Phi) is 4.21. The minimum Gasteiger partial charge on any atom is -0.489 e. The molecule has 0 heterocycles. The second kappa shape index (κ2) is 5.87. The van der Waals surface area contributed by atoms with E-state index in [4.69, 9.17) is 16.3 Å². The predicted octanol–water partition coefficient (Wildman–Crippen LogP) is 4.62. The van der Waals surface area contributed by atoms with Gasteiger partial charge in [-0.05, 0) is 41.8 Å². The zero-order valence-corrected chi connectivity index (χ0v) is 10.9. The maximum atomic E-state index is 13.0. The molecule has 0 unspecified atom stereocenters. The van der Waals surface area contributed by atoms with E-state index in [1.807, 2.05) is 18.2 Å². The van der Waals surface area contributed by atoms with E-state index in [1.54, 1.807) is 12.1 Å². The second-order valence-corrected chi connectivity index (χ2v) is 4.45. The molecule has 0 amide bonds. The Bertz CT molecular complexity index is 540. The van der Waals surface area contributed by atoms with E-state index in [9.17, 15) is 4.39 Å². The number of aryl methyl sites for hydroxylation is 1. The Hall–Kier alpha value is -1.54. The van der Waals surface area contributed by atoms with Gasteiger partial charge in [0, 0.05) is 0 Å². The van der Waals surface area contributed by atoms with Crippen LogP contribution in [-0.4, -0.2) is 0 Å². The Morgan fingerprint density at radius 2 is 1.94 bits per heavy atom. The van der Waals surface area contributed by atoms with Gasteiger partial charge in [0.1, 0.15) is 18.2 Å². The monoisotopic (exact) mass is 264 g/mol. The fourth-order valence-electron chi connectivity index (χ4n) is 1.65. The first kappa shape index (κ1) is 12.9. The molecular weight excluding hydrogens is 251 g/mol. The third-order valence-corrected chi connectivity index (χ3v) is 2.99. The molecular formula is C15H14ClFO. The number of benzene rings is 2. The van der Waals surface area contributed by atoms with Crippen LogP contribution in [0.25, 0.3) is 0 Å². The summed E-state index contributed by atoms with van der Waals surface area (Å²) in [6, 6.07) is 12.5. The highest BCUT2D eigenvalue weighted by Gasteiger charge is 2.02. The van der Waals surface area contributed by atoms with Gasteiger partial charge in [-0.3, -0.25) is 0 Å². The number of halogens is 2. The Morgan fingerprint density at radius 3 is 2.67 bits per heavy atom. The molecule has 0 atom stereocenters. The molecule has 0 saturated carbocycles. The standard InChI is InChI=1S/C15H14ClFO/c1-2-11-4-3-5-13(8-11)18-10-12-6-7-15(17)14(16)9-12/h3-9H,2,10H2,1H3. The Balaban J connectivity index is 2.04. The highest BCUT2D eigenvalue weighted by molar-refractivity contribution is 6.30. The SMILES string of the molecule is CCc1cccc(OCc2ccc(F)c(Cl)c2)c1. The summed E-state index contributed by atoms with van der Waals surface area (Å²) in [7, 11) is 0. The van der Waals surface area contributed by atoms with Crippen molar-refractivity contribution in [2.75, 3.05) is 0 Å². The molecule has 0 spiro atoms. The van der Waals surface area contributed by atoms with Crippen molar-refractivity contribution in [3.63, 3.8) is 0 Å². The van der Waals surface area contributed by atoms with Crippen molar-refractivity contribution in [2.45, 2.75) is 20.0 Å². The number of rotatable bonds is 4. The maximum absolute atomic E-state index is 13.0. The molecule has 2 aromatic carbocycles. The minimum absolute atomic E-state index is 0.124. The lowest BCUT2D eigenvalue weighted by molar-refractivity contribution is 0.306. The molecule has 2 aromatic rings. The van der Waals surface area contributed by atoms with Crippen molar-refractivity contribution in [3.05, 3.63) is 64.4 Å². The van der Waals surface area contributed by atoms with Crippen molar-refractivity contribution in [3.8, 4) is 5.75 Å². The summed E-state index contributed by atoms with van der Waals surface area (Å²) >= 11 is 5.71. The zero-order valence-electron chi connectivity index (χ0n) is 10.1. The van der Waals surface area contributed by atoms with E-state index in [0.29, 0.717) is 6.61 Å². The molecule has 0 bridgehead atoms. The average Bonchev–Trinajstić information content (AvgIpc) is 2.40. The normalized spacial score (nSPS) is 10.4. The van der Waals surface area contributed by atoms with Crippen molar-refractivity contribution in [1.29, 1.82) is 0 Å². The van der Waals surface area contributed by atoms with Crippen LogP contribution in [0.4, 0.5) is 4.39 Å². The number of ether oxygens (including phenoxy) is 1. The van der Waals surface area contributed by atoms with Gasteiger partial charge in [0.05, 0.1) is 5.02 Å². The summed E-state index contributed by atoms with van der Waals surface area (Å²) in [6.45, 7) is 2.48. The van der Waals surface area contributed by atoms with Crippen LogP contribution in [0.1, 0.15) is 18.1 Å². The average molecular weight is 265 g/mol. The Morgan fingerprint density at radius 1 is 1.11 bits per heavy atom. The van der Waals surface area contributed by atoms with Crippen molar-refractivity contribution < 1.29 is 9.13 Å².